The molecule has 2 aromatic carbocycles. The number of para-hydroxylation sites is 1. The molecule has 2 fully saturated rings. The maximum Gasteiger partial charge on any atom is 0.291 e. The number of rotatable bonds is 9. The van der Waals surface area contributed by atoms with E-state index in [2.05, 4.69) is 0 Å². The molecule has 9 heteroatoms. The maximum atomic E-state index is 13.9. The number of aryl methyl sites for hydroxylation is 1. The van der Waals surface area contributed by atoms with E-state index in [9.17, 15) is 14.4 Å². The highest BCUT2D eigenvalue weighted by molar-refractivity contribution is 6.44. The summed E-state index contributed by atoms with van der Waals surface area (Å²) in [6, 6.07) is 9.56. The second kappa shape index (κ2) is 11.1. The van der Waals surface area contributed by atoms with Crippen LogP contribution in [0.3, 0.4) is 0 Å². The van der Waals surface area contributed by atoms with Crippen LogP contribution in [0.1, 0.15) is 27.5 Å². The van der Waals surface area contributed by atoms with Crippen molar-refractivity contribution in [3.8, 4) is 17.2 Å². The Morgan fingerprint density at radius 3 is 2.44 bits per heavy atom. The van der Waals surface area contributed by atoms with Crippen molar-refractivity contribution in [2.24, 2.45) is 5.92 Å². The van der Waals surface area contributed by atoms with Gasteiger partial charge >= 0.3 is 0 Å². The largest absolute Gasteiger partial charge is 0.497 e. The summed E-state index contributed by atoms with van der Waals surface area (Å²) in [6.45, 7) is 5.75. The first-order valence-corrected chi connectivity index (χ1v) is 12.1. The van der Waals surface area contributed by atoms with E-state index in [-0.39, 0.29) is 0 Å². The van der Waals surface area contributed by atoms with E-state index in [1.54, 1.807) is 50.4 Å². The number of benzene rings is 2. The van der Waals surface area contributed by atoms with Gasteiger partial charge in [-0.3, -0.25) is 14.4 Å². The number of amides is 1. The summed E-state index contributed by atoms with van der Waals surface area (Å²) in [4.78, 5) is 43.5. The third-order valence-corrected chi connectivity index (χ3v) is 7.05. The Balaban J connectivity index is 1.76. The molecule has 192 valence electrons. The van der Waals surface area contributed by atoms with Gasteiger partial charge < -0.3 is 28.7 Å². The number of hydrogen-bond donors (Lipinski definition) is 1. The molecule has 0 aromatic heterocycles. The van der Waals surface area contributed by atoms with Crippen LogP contribution in [0.4, 0.5) is 0 Å². The smallest absolute Gasteiger partial charge is 0.291 e. The number of nitrogens with zero attached hydrogens (tertiary/aromatic N) is 1. The van der Waals surface area contributed by atoms with Crippen molar-refractivity contribution in [1.82, 2.24) is 4.90 Å². The fourth-order valence-electron chi connectivity index (χ4n) is 5.12. The number of nitrogens with one attached hydrogen (secondary N) is 1. The van der Waals surface area contributed by atoms with Crippen LogP contribution in [-0.2, 0) is 14.3 Å². The molecular weight excluding hydrogens is 464 g/mol. The fraction of sp³-hybridized carbons (Fsp3) is 0.444. The molecule has 4 rings (SSSR count). The van der Waals surface area contributed by atoms with Crippen LogP contribution in [0.15, 0.2) is 36.4 Å². The molecule has 0 bridgehead atoms. The predicted octanol–water partition coefficient (Wildman–Crippen LogP) is 0.887. The number of ketones is 2. The zero-order valence-corrected chi connectivity index (χ0v) is 21.2. The SMILES string of the molecule is COc1ccc(C(=O)C2C(=O)C(=O)N(CC[NH+]3CCOCC3)C2c2cccc(OC)c2OC)c(C)c1. The van der Waals surface area contributed by atoms with Gasteiger partial charge in [-0.25, -0.2) is 0 Å². The van der Waals surface area contributed by atoms with E-state index in [0.29, 0.717) is 60.2 Å². The number of likely N-dealkylation sites (tertiary alicyclic amines) is 1. The summed E-state index contributed by atoms with van der Waals surface area (Å²) in [5.41, 5.74) is 1.62. The van der Waals surface area contributed by atoms with Gasteiger partial charge in [0.05, 0.1) is 53.7 Å². The Hall–Kier alpha value is -3.43. The fourth-order valence-corrected chi connectivity index (χ4v) is 5.12. The highest BCUT2D eigenvalue weighted by atomic mass is 16.5. The molecule has 1 N–H and O–H groups in total. The summed E-state index contributed by atoms with van der Waals surface area (Å²) in [6.07, 6.45) is 0. The third-order valence-electron chi connectivity index (χ3n) is 7.05. The van der Waals surface area contributed by atoms with Crippen molar-refractivity contribution in [2.45, 2.75) is 13.0 Å². The van der Waals surface area contributed by atoms with Crippen molar-refractivity contribution < 1.29 is 38.2 Å². The topological polar surface area (TPSA) is 95.8 Å². The number of morpholine rings is 1. The van der Waals surface area contributed by atoms with Crippen molar-refractivity contribution in [3.05, 3.63) is 53.1 Å². The summed E-state index contributed by atoms with van der Waals surface area (Å²) >= 11 is 0. The lowest BCUT2D eigenvalue weighted by molar-refractivity contribution is -0.907. The van der Waals surface area contributed by atoms with Crippen LogP contribution < -0.4 is 19.1 Å². The normalized spacial score (nSPS) is 20.5. The minimum Gasteiger partial charge on any atom is -0.497 e. The Morgan fingerprint density at radius 1 is 1.06 bits per heavy atom. The van der Waals surface area contributed by atoms with Gasteiger partial charge in [0, 0.05) is 11.1 Å². The molecule has 36 heavy (non-hydrogen) atoms. The Kier molecular flexibility index (Phi) is 7.91. The predicted molar refractivity (Wildman–Crippen MR) is 131 cm³/mol. The second-order valence-electron chi connectivity index (χ2n) is 9.03. The third kappa shape index (κ3) is 4.81. The number of carbonyl (C=O) groups excluding carboxylic acids is 3. The quantitative estimate of drug-likeness (QED) is 0.312. The van der Waals surface area contributed by atoms with Gasteiger partial charge in [0.1, 0.15) is 24.8 Å². The van der Waals surface area contributed by atoms with Crippen molar-refractivity contribution in [1.29, 1.82) is 0 Å². The van der Waals surface area contributed by atoms with Gasteiger partial charge in [-0.05, 0) is 36.8 Å². The lowest BCUT2D eigenvalue weighted by Crippen LogP contribution is -3.14. The number of Topliss-reactive ketones (excluding diaryl/α,β-unsaturated/α-hetero) is 2. The van der Waals surface area contributed by atoms with Crippen molar-refractivity contribution >= 4 is 17.5 Å². The zero-order chi connectivity index (χ0) is 25.8. The molecule has 2 aliphatic rings. The van der Waals surface area contributed by atoms with Crippen LogP contribution in [0.2, 0.25) is 0 Å². The number of quaternary nitrogens is 1. The van der Waals surface area contributed by atoms with E-state index < -0.39 is 29.4 Å². The molecular formula is C27H33N2O7+. The summed E-state index contributed by atoms with van der Waals surface area (Å²) < 4.78 is 21.8. The first-order chi connectivity index (χ1) is 17.4. The molecule has 2 unspecified atom stereocenters. The molecule has 2 heterocycles. The van der Waals surface area contributed by atoms with Gasteiger partial charge in [-0.2, -0.15) is 0 Å². The van der Waals surface area contributed by atoms with Crippen molar-refractivity contribution in [2.75, 3.05) is 60.7 Å². The summed E-state index contributed by atoms with van der Waals surface area (Å²) in [5, 5.41) is 0. The Labute approximate surface area is 210 Å². The average Bonchev–Trinajstić information content (AvgIpc) is 3.16. The van der Waals surface area contributed by atoms with E-state index in [1.165, 1.54) is 24.0 Å². The zero-order valence-electron chi connectivity index (χ0n) is 21.2. The van der Waals surface area contributed by atoms with Gasteiger partial charge in [0.2, 0.25) is 5.78 Å². The summed E-state index contributed by atoms with van der Waals surface area (Å²) in [7, 11) is 4.58. The minimum atomic E-state index is -1.20. The second-order valence-corrected chi connectivity index (χ2v) is 9.03. The number of ether oxygens (including phenoxy) is 4. The van der Waals surface area contributed by atoms with Gasteiger partial charge in [0.25, 0.3) is 5.91 Å². The van der Waals surface area contributed by atoms with Gasteiger partial charge in [0.15, 0.2) is 17.3 Å². The molecule has 0 saturated carbocycles. The molecule has 2 aliphatic heterocycles. The van der Waals surface area contributed by atoms with E-state index in [0.717, 1.165) is 13.1 Å². The van der Waals surface area contributed by atoms with Crippen LogP contribution in [0, 0.1) is 12.8 Å². The Bertz CT molecular complexity index is 1140. The molecule has 0 spiro atoms. The number of hydrogen-bond acceptors (Lipinski definition) is 7. The molecule has 2 aromatic rings. The first-order valence-electron chi connectivity index (χ1n) is 12.1. The van der Waals surface area contributed by atoms with Crippen LogP contribution in [0.25, 0.3) is 0 Å². The van der Waals surface area contributed by atoms with Crippen LogP contribution in [-0.4, -0.2) is 83.1 Å². The summed E-state index contributed by atoms with van der Waals surface area (Å²) in [5.74, 6) is -1.48. The number of carbonyl (C=O) groups is 3. The highest BCUT2D eigenvalue weighted by Gasteiger charge is 2.53. The van der Waals surface area contributed by atoms with Crippen molar-refractivity contribution in [3.63, 3.8) is 0 Å². The lowest BCUT2D eigenvalue weighted by Gasteiger charge is -2.31. The van der Waals surface area contributed by atoms with Gasteiger partial charge in [-0.15, -0.1) is 0 Å². The minimum absolute atomic E-state index is 0.330. The van der Waals surface area contributed by atoms with E-state index in [4.69, 9.17) is 18.9 Å². The van der Waals surface area contributed by atoms with E-state index in [1.807, 2.05) is 0 Å². The molecule has 2 atom stereocenters. The molecule has 0 aliphatic carbocycles. The van der Waals surface area contributed by atoms with Gasteiger partial charge in [-0.1, -0.05) is 12.1 Å². The molecule has 2 saturated heterocycles. The van der Waals surface area contributed by atoms with Crippen LogP contribution >= 0.6 is 0 Å². The monoisotopic (exact) mass is 497 g/mol. The lowest BCUT2D eigenvalue weighted by atomic mass is 9.84. The first kappa shape index (κ1) is 25.7. The standard InChI is InChI=1S/C27H32N2O7/c1-17-16-18(33-2)8-9-19(17)24(30)22-23(20-6-5-7-21(34-3)26(20)35-4)29(27(32)25(22)31)11-10-28-12-14-36-15-13-28/h5-9,16,22-23H,10-15H2,1-4H3/p+1. The molecule has 0 radical (unpaired) electrons. The highest BCUT2D eigenvalue weighted by Crippen LogP contribution is 2.45. The van der Waals surface area contributed by atoms with Crippen LogP contribution in [0.5, 0.6) is 17.2 Å². The van der Waals surface area contributed by atoms with E-state index >= 15 is 0 Å². The molecule has 9 nitrogen and oxygen atoms in total. The molecule has 1 amide bonds. The number of methoxy groups -OCH3 is 3. The Morgan fingerprint density at radius 2 is 1.81 bits per heavy atom. The maximum absolute atomic E-state index is 13.9. The average molecular weight is 498 g/mol.